The molecule has 1 aliphatic heterocycles. The van der Waals surface area contributed by atoms with Crippen LogP contribution in [0.15, 0.2) is 16.8 Å². The van der Waals surface area contributed by atoms with Gasteiger partial charge in [-0.1, -0.05) is 13.8 Å². The molecule has 4 aliphatic carbocycles. The Morgan fingerprint density at radius 1 is 1.14 bits per heavy atom. The Labute approximate surface area is 209 Å². The van der Waals surface area contributed by atoms with E-state index in [-0.39, 0.29) is 28.6 Å². The van der Waals surface area contributed by atoms with Crippen molar-refractivity contribution in [1.82, 2.24) is 5.43 Å². The van der Waals surface area contributed by atoms with E-state index in [0.717, 1.165) is 69.1 Å². The Bertz CT molecular complexity index is 968. The van der Waals surface area contributed by atoms with Crippen LogP contribution < -0.4 is 5.43 Å². The highest BCUT2D eigenvalue weighted by Crippen LogP contribution is 2.69. The summed E-state index contributed by atoms with van der Waals surface area (Å²) in [7, 11) is 6.01. The van der Waals surface area contributed by atoms with E-state index in [1.807, 2.05) is 21.1 Å². The van der Waals surface area contributed by atoms with Crippen LogP contribution in [0, 0.1) is 34.5 Å². The van der Waals surface area contributed by atoms with Crippen LogP contribution in [-0.2, 0) is 14.3 Å². The number of carbonyl (C=O) groups is 2. The Kier molecular flexibility index (Phi) is 5.99. The van der Waals surface area contributed by atoms with Gasteiger partial charge in [0.25, 0.3) is 5.91 Å². The Morgan fingerprint density at radius 2 is 1.91 bits per heavy atom. The first-order chi connectivity index (χ1) is 16.4. The molecule has 194 valence electrons. The van der Waals surface area contributed by atoms with Gasteiger partial charge in [0.2, 0.25) is 0 Å². The lowest BCUT2D eigenvalue weighted by Gasteiger charge is -2.63. The molecule has 4 fully saturated rings. The zero-order valence-corrected chi connectivity index (χ0v) is 22.2. The molecule has 7 heteroatoms. The predicted molar refractivity (Wildman–Crippen MR) is 134 cm³/mol. The van der Waals surface area contributed by atoms with Gasteiger partial charge in [0.1, 0.15) is 6.61 Å². The summed E-state index contributed by atoms with van der Waals surface area (Å²) in [5.41, 5.74) is 4.37. The number of likely N-dealkylation sites (N-methyl/N-ethyl adjacent to an activating group) is 1. The van der Waals surface area contributed by atoms with Crippen molar-refractivity contribution in [2.45, 2.75) is 77.2 Å². The second-order valence-corrected chi connectivity index (χ2v) is 13.7. The summed E-state index contributed by atoms with van der Waals surface area (Å²) >= 11 is 0. The smallest absolute Gasteiger partial charge is 0.331 e. The molecule has 2 N–H and O–H groups in total. The van der Waals surface area contributed by atoms with Gasteiger partial charge >= 0.3 is 5.97 Å². The Morgan fingerprint density at radius 3 is 2.60 bits per heavy atom. The fraction of sp³-hybridized carbons (Fsp3) is 0.821. The molecule has 0 spiro atoms. The second-order valence-electron chi connectivity index (χ2n) is 13.7. The van der Waals surface area contributed by atoms with Gasteiger partial charge in [0.15, 0.2) is 6.54 Å². The van der Waals surface area contributed by atoms with E-state index in [1.165, 1.54) is 0 Å². The number of nitrogens with zero attached hydrogens (tertiary/aromatic N) is 2. The van der Waals surface area contributed by atoms with Crippen LogP contribution in [0.25, 0.3) is 0 Å². The van der Waals surface area contributed by atoms with Crippen molar-refractivity contribution in [3.05, 3.63) is 11.6 Å². The molecule has 4 saturated carbocycles. The number of aliphatic hydroxyl groups is 1. The molecule has 5 rings (SSSR count). The minimum Gasteiger partial charge on any atom is -0.458 e. The number of fused-ring (bicyclic) bond motifs is 5. The van der Waals surface area contributed by atoms with Gasteiger partial charge in [0, 0.05) is 17.2 Å². The van der Waals surface area contributed by atoms with Crippen molar-refractivity contribution < 1.29 is 23.9 Å². The maximum atomic E-state index is 12.3. The standard InChI is InChI=1S/C28H43N3O4/c1-26-11-8-20(29-30-24(32)16-31(3,4)5)15-19(26)6-7-23-22(26)9-12-27(2)21(10-13-28(23,27)34)18-14-25(33)35-17-18/h14,19,21-23,34H,6-13,15-17H2,1-5H3/p+1/b29-20+/t19-,21-,22+,23-,26+,27-,28+/m1/s1. The average molecular weight is 487 g/mol. The molecule has 0 aromatic heterocycles. The van der Waals surface area contributed by atoms with E-state index in [0.29, 0.717) is 35.4 Å². The van der Waals surface area contributed by atoms with Gasteiger partial charge in [-0.3, -0.25) is 4.79 Å². The summed E-state index contributed by atoms with van der Waals surface area (Å²) in [6.45, 7) is 5.56. The van der Waals surface area contributed by atoms with E-state index in [1.54, 1.807) is 6.08 Å². The maximum absolute atomic E-state index is 12.3. The molecule has 0 unspecified atom stereocenters. The van der Waals surface area contributed by atoms with Crippen molar-refractivity contribution >= 4 is 17.6 Å². The third-order valence-corrected chi connectivity index (χ3v) is 10.8. The van der Waals surface area contributed by atoms with Gasteiger partial charge < -0.3 is 14.3 Å². The van der Waals surface area contributed by atoms with E-state index >= 15 is 0 Å². The Hall–Kier alpha value is -1.73. The number of hydrazone groups is 1. The van der Waals surface area contributed by atoms with Gasteiger partial charge in [-0.05, 0) is 92.4 Å². The van der Waals surface area contributed by atoms with E-state index in [4.69, 9.17) is 4.74 Å². The molecular formula is C28H44N3O4+. The second kappa shape index (κ2) is 8.41. The zero-order chi connectivity index (χ0) is 25.2. The van der Waals surface area contributed by atoms with Crippen molar-refractivity contribution in [2.75, 3.05) is 34.3 Å². The molecule has 7 atom stereocenters. The molecule has 5 aliphatic rings. The first kappa shape index (κ1) is 24.9. The number of carbonyl (C=O) groups excluding carboxylic acids is 2. The largest absolute Gasteiger partial charge is 0.458 e. The van der Waals surface area contributed by atoms with E-state index in [9.17, 15) is 14.7 Å². The molecule has 1 heterocycles. The van der Waals surface area contributed by atoms with Crippen LogP contribution in [0.4, 0.5) is 0 Å². The number of hydrogen-bond acceptors (Lipinski definition) is 5. The van der Waals surface area contributed by atoms with Gasteiger partial charge in [-0.15, -0.1) is 0 Å². The average Bonchev–Trinajstić information content (AvgIpc) is 3.31. The highest BCUT2D eigenvalue weighted by molar-refractivity contribution is 5.87. The zero-order valence-electron chi connectivity index (χ0n) is 22.2. The summed E-state index contributed by atoms with van der Waals surface area (Å²) < 4.78 is 5.83. The number of ether oxygens (including phenoxy) is 1. The van der Waals surface area contributed by atoms with Crippen molar-refractivity contribution in [2.24, 2.45) is 39.6 Å². The highest BCUT2D eigenvalue weighted by Gasteiger charge is 2.67. The fourth-order valence-electron chi connectivity index (χ4n) is 8.92. The van der Waals surface area contributed by atoms with Crippen LogP contribution in [0.2, 0.25) is 0 Å². The van der Waals surface area contributed by atoms with Crippen LogP contribution >= 0.6 is 0 Å². The molecule has 0 bridgehead atoms. The predicted octanol–water partition coefficient (Wildman–Crippen LogP) is 3.42. The lowest BCUT2D eigenvalue weighted by atomic mass is 9.43. The molecule has 0 radical (unpaired) electrons. The number of nitrogens with one attached hydrogen (secondary N) is 1. The molecule has 0 aromatic carbocycles. The fourth-order valence-corrected chi connectivity index (χ4v) is 8.92. The van der Waals surface area contributed by atoms with Gasteiger partial charge in [0.05, 0.1) is 26.7 Å². The van der Waals surface area contributed by atoms with Crippen molar-refractivity contribution in [3.8, 4) is 0 Å². The topological polar surface area (TPSA) is 88.0 Å². The van der Waals surface area contributed by atoms with Crippen LogP contribution in [-0.4, -0.2) is 67.1 Å². The number of cyclic esters (lactones) is 1. The third kappa shape index (κ3) is 4.07. The minimum absolute atomic E-state index is 0.0314. The molecular weight excluding hydrogens is 442 g/mol. The van der Waals surface area contributed by atoms with E-state index < -0.39 is 5.60 Å². The summed E-state index contributed by atoms with van der Waals surface area (Å²) in [4.78, 5) is 24.0. The number of amides is 1. The SMILES string of the molecule is C[C@]12CC/C(=N\NC(=O)C[N+](C)(C)C)C[C@H]1CC[C@@H]1[C@@H]2CC[C@]2(C)[C@@H](C3=CC(=O)OC3)CC[C@]12O. The lowest BCUT2D eigenvalue weighted by molar-refractivity contribution is -0.862. The van der Waals surface area contributed by atoms with Crippen LogP contribution in [0.5, 0.6) is 0 Å². The lowest BCUT2D eigenvalue weighted by Crippen LogP contribution is -2.62. The van der Waals surface area contributed by atoms with Crippen LogP contribution in [0.1, 0.15) is 71.6 Å². The number of hydrogen-bond donors (Lipinski definition) is 2. The van der Waals surface area contributed by atoms with Gasteiger partial charge in [-0.2, -0.15) is 5.10 Å². The molecule has 35 heavy (non-hydrogen) atoms. The molecule has 7 nitrogen and oxygen atoms in total. The normalized spacial score (nSPS) is 44.2. The first-order valence-corrected chi connectivity index (χ1v) is 13.6. The third-order valence-electron chi connectivity index (χ3n) is 10.8. The summed E-state index contributed by atoms with van der Waals surface area (Å²) in [6, 6.07) is 0. The molecule has 0 aromatic rings. The van der Waals surface area contributed by atoms with Crippen LogP contribution in [0.3, 0.4) is 0 Å². The molecule has 0 saturated heterocycles. The van der Waals surface area contributed by atoms with Gasteiger partial charge in [-0.25, -0.2) is 10.2 Å². The quantitative estimate of drug-likeness (QED) is 0.362. The summed E-state index contributed by atoms with van der Waals surface area (Å²) in [5.74, 6) is 1.37. The van der Waals surface area contributed by atoms with E-state index in [2.05, 4.69) is 24.4 Å². The first-order valence-electron chi connectivity index (χ1n) is 13.6. The molecule has 1 amide bonds. The number of rotatable bonds is 4. The van der Waals surface area contributed by atoms with Crippen molar-refractivity contribution in [3.63, 3.8) is 0 Å². The van der Waals surface area contributed by atoms with Crippen molar-refractivity contribution in [1.29, 1.82) is 0 Å². The summed E-state index contributed by atoms with van der Waals surface area (Å²) in [6.07, 6.45) is 10.7. The minimum atomic E-state index is -0.672. The number of esters is 1. The summed E-state index contributed by atoms with van der Waals surface area (Å²) in [5, 5.41) is 16.9. The Balaban J connectivity index is 1.30. The highest BCUT2D eigenvalue weighted by atomic mass is 16.5. The maximum Gasteiger partial charge on any atom is 0.331 e. The monoisotopic (exact) mass is 486 g/mol. The number of quaternary nitrogens is 1.